The second-order valence-corrected chi connectivity index (χ2v) is 6.06. The minimum atomic E-state index is -3.98. The summed E-state index contributed by atoms with van der Waals surface area (Å²) in [6.07, 6.45) is 0. The predicted octanol–water partition coefficient (Wildman–Crippen LogP) is 0.210. The van der Waals surface area contributed by atoms with Gasteiger partial charge in [0.05, 0.1) is 16.9 Å². The van der Waals surface area contributed by atoms with Gasteiger partial charge < -0.3 is 11.5 Å². The number of aryl methyl sites for hydroxylation is 1. The number of nitrogens with two attached hydrogens (primary N) is 2. The van der Waals surface area contributed by atoms with Crippen LogP contribution in [0.3, 0.4) is 0 Å². The Morgan fingerprint density at radius 1 is 1.33 bits per heavy atom. The summed E-state index contributed by atoms with van der Waals surface area (Å²) in [6, 6.07) is 6.05. The molecule has 0 aliphatic heterocycles. The molecule has 0 atom stereocenters. The predicted molar refractivity (Wildman–Crippen MR) is 78.1 cm³/mol. The highest BCUT2D eigenvalue weighted by Crippen LogP contribution is 2.25. The van der Waals surface area contributed by atoms with Gasteiger partial charge in [-0.25, -0.2) is 8.42 Å². The molecule has 2 aromatic rings. The fourth-order valence-corrected chi connectivity index (χ4v) is 3.34. The lowest BCUT2D eigenvalue weighted by Gasteiger charge is -2.10. The van der Waals surface area contributed by atoms with Gasteiger partial charge >= 0.3 is 0 Å². The molecule has 0 spiro atoms. The van der Waals surface area contributed by atoms with Crippen LogP contribution in [0.4, 0.5) is 11.5 Å². The van der Waals surface area contributed by atoms with Gasteiger partial charge in [0, 0.05) is 7.05 Å². The highest BCUT2D eigenvalue weighted by atomic mass is 32.2. The zero-order chi connectivity index (χ0) is 15.8. The molecular weight excluding hydrogens is 294 g/mol. The molecule has 0 unspecified atom stereocenters. The maximum absolute atomic E-state index is 12.4. The summed E-state index contributed by atoms with van der Waals surface area (Å²) in [4.78, 5) is 11.2. The van der Waals surface area contributed by atoms with E-state index in [0.717, 1.165) is 0 Å². The van der Waals surface area contributed by atoms with Crippen molar-refractivity contribution in [3.8, 4) is 0 Å². The molecule has 0 aliphatic carbocycles. The number of benzene rings is 1. The van der Waals surface area contributed by atoms with Crippen molar-refractivity contribution >= 4 is 27.4 Å². The summed E-state index contributed by atoms with van der Waals surface area (Å²) in [5, 5.41) is 3.86. The molecule has 8 nitrogen and oxygen atoms in total. The number of hydrogen-bond acceptors (Lipinski definition) is 5. The van der Waals surface area contributed by atoms with E-state index in [1.165, 1.54) is 16.8 Å². The minimum absolute atomic E-state index is 0.0705. The molecule has 1 heterocycles. The van der Waals surface area contributed by atoms with Crippen LogP contribution in [0.25, 0.3) is 0 Å². The molecule has 0 saturated heterocycles. The van der Waals surface area contributed by atoms with Crippen molar-refractivity contribution in [2.24, 2.45) is 12.8 Å². The second kappa shape index (κ2) is 5.09. The van der Waals surface area contributed by atoms with Crippen LogP contribution in [0.2, 0.25) is 0 Å². The third-order valence-electron chi connectivity index (χ3n) is 3.01. The number of carbonyl (C=O) groups excluding carboxylic acids is 1. The number of rotatable bonds is 4. The third-order valence-corrected chi connectivity index (χ3v) is 4.54. The largest absolute Gasteiger partial charge is 0.381 e. The summed E-state index contributed by atoms with van der Waals surface area (Å²) in [7, 11) is -2.39. The zero-order valence-corrected chi connectivity index (χ0v) is 12.3. The SMILES string of the molecule is Cc1c(S(=O)(=O)Nc2ccccc2C(N)=O)c(N)nn1C. The van der Waals surface area contributed by atoms with E-state index in [1.807, 2.05) is 0 Å². The average molecular weight is 309 g/mol. The van der Waals surface area contributed by atoms with E-state index in [9.17, 15) is 13.2 Å². The molecular formula is C12H15N5O3S. The molecule has 112 valence electrons. The second-order valence-electron chi connectivity index (χ2n) is 4.44. The van der Waals surface area contributed by atoms with E-state index >= 15 is 0 Å². The van der Waals surface area contributed by atoms with E-state index < -0.39 is 15.9 Å². The number of nitrogen functional groups attached to an aromatic ring is 1. The number of carbonyl (C=O) groups is 1. The van der Waals surface area contributed by atoms with Crippen LogP contribution in [0.5, 0.6) is 0 Å². The molecule has 2 rings (SSSR count). The van der Waals surface area contributed by atoms with Gasteiger partial charge in [-0.05, 0) is 19.1 Å². The first kappa shape index (κ1) is 14.9. The Balaban J connectivity index is 2.50. The van der Waals surface area contributed by atoms with Gasteiger partial charge in [0.25, 0.3) is 15.9 Å². The smallest absolute Gasteiger partial charge is 0.267 e. The molecule has 0 aliphatic rings. The van der Waals surface area contributed by atoms with E-state index in [4.69, 9.17) is 11.5 Å². The number of primary amides is 1. The van der Waals surface area contributed by atoms with Crippen molar-refractivity contribution in [1.29, 1.82) is 0 Å². The quantitative estimate of drug-likeness (QED) is 0.742. The molecule has 1 aromatic carbocycles. The summed E-state index contributed by atoms with van der Waals surface area (Å²) in [5.41, 5.74) is 11.4. The van der Waals surface area contributed by atoms with E-state index in [2.05, 4.69) is 9.82 Å². The summed E-state index contributed by atoms with van der Waals surface area (Å²) < 4.78 is 28.6. The number of amides is 1. The maximum atomic E-state index is 12.4. The number of para-hydroxylation sites is 1. The van der Waals surface area contributed by atoms with Crippen molar-refractivity contribution in [3.63, 3.8) is 0 Å². The summed E-state index contributed by atoms with van der Waals surface area (Å²) in [6.45, 7) is 1.58. The van der Waals surface area contributed by atoms with Gasteiger partial charge in [0.1, 0.15) is 0 Å². The van der Waals surface area contributed by atoms with Crippen LogP contribution in [0, 0.1) is 6.92 Å². The summed E-state index contributed by atoms with van der Waals surface area (Å²) in [5.74, 6) is -0.844. The van der Waals surface area contributed by atoms with Gasteiger partial charge in [0.15, 0.2) is 10.7 Å². The average Bonchev–Trinajstić information content (AvgIpc) is 2.63. The lowest BCUT2D eigenvalue weighted by Crippen LogP contribution is -2.19. The third kappa shape index (κ3) is 2.68. The van der Waals surface area contributed by atoms with Crippen molar-refractivity contribution in [2.45, 2.75) is 11.8 Å². The molecule has 0 radical (unpaired) electrons. The van der Waals surface area contributed by atoms with E-state index in [1.54, 1.807) is 26.1 Å². The number of hydrogen-bond donors (Lipinski definition) is 3. The monoisotopic (exact) mass is 309 g/mol. The highest BCUT2D eigenvalue weighted by Gasteiger charge is 2.25. The first-order valence-electron chi connectivity index (χ1n) is 5.94. The molecule has 21 heavy (non-hydrogen) atoms. The number of anilines is 2. The van der Waals surface area contributed by atoms with Crippen LogP contribution in [-0.2, 0) is 17.1 Å². The number of sulfonamides is 1. The lowest BCUT2D eigenvalue weighted by atomic mass is 10.2. The van der Waals surface area contributed by atoms with Crippen molar-refractivity contribution in [2.75, 3.05) is 10.5 Å². The fraction of sp³-hybridized carbons (Fsp3) is 0.167. The molecule has 0 fully saturated rings. The number of nitrogens with zero attached hydrogens (tertiary/aromatic N) is 2. The standard InChI is InChI=1S/C12H15N5O3S/c1-7-10(11(13)15-17(7)2)21(19,20)16-9-6-4-3-5-8(9)12(14)18/h3-6,16H,1-2H3,(H2,13,15)(H2,14,18). The van der Waals surface area contributed by atoms with Crippen LogP contribution < -0.4 is 16.2 Å². The summed E-state index contributed by atoms with van der Waals surface area (Å²) >= 11 is 0. The van der Waals surface area contributed by atoms with Crippen LogP contribution in [-0.4, -0.2) is 24.1 Å². The molecule has 5 N–H and O–H groups in total. The van der Waals surface area contributed by atoms with Gasteiger partial charge in [0.2, 0.25) is 0 Å². The minimum Gasteiger partial charge on any atom is -0.381 e. The Labute approximate surface area is 121 Å². The van der Waals surface area contributed by atoms with Crippen molar-refractivity contribution in [1.82, 2.24) is 9.78 Å². The van der Waals surface area contributed by atoms with Gasteiger partial charge in [-0.1, -0.05) is 12.1 Å². The lowest BCUT2D eigenvalue weighted by molar-refractivity contribution is 0.100. The molecule has 0 bridgehead atoms. The zero-order valence-electron chi connectivity index (χ0n) is 11.5. The molecule has 0 saturated carbocycles. The normalized spacial score (nSPS) is 11.3. The Bertz CT molecular complexity index is 810. The number of aromatic nitrogens is 2. The van der Waals surface area contributed by atoms with Crippen molar-refractivity contribution in [3.05, 3.63) is 35.5 Å². The Morgan fingerprint density at radius 3 is 2.48 bits per heavy atom. The Kier molecular flexibility index (Phi) is 3.60. The maximum Gasteiger partial charge on any atom is 0.267 e. The van der Waals surface area contributed by atoms with Crippen molar-refractivity contribution < 1.29 is 13.2 Å². The van der Waals surface area contributed by atoms with Gasteiger partial charge in [-0.3, -0.25) is 14.2 Å². The highest BCUT2D eigenvalue weighted by molar-refractivity contribution is 7.93. The first-order chi connectivity index (χ1) is 9.74. The fourth-order valence-electron chi connectivity index (χ4n) is 1.93. The Hall–Kier alpha value is -2.55. The first-order valence-corrected chi connectivity index (χ1v) is 7.43. The molecule has 9 heteroatoms. The van der Waals surface area contributed by atoms with E-state index in [0.29, 0.717) is 5.69 Å². The van der Waals surface area contributed by atoms with Crippen LogP contribution in [0.15, 0.2) is 29.2 Å². The Morgan fingerprint density at radius 2 is 1.95 bits per heavy atom. The van der Waals surface area contributed by atoms with Crippen LogP contribution in [0.1, 0.15) is 16.1 Å². The topological polar surface area (TPSA) is 133 Å². The van der Waals surface area contributed by atoms with E-state index in [-0.39, 0.29) is 22.0 Å². The van der Waals surface area contributed by atoms with Gasteiger partial charge in [-0.15, -0.1) is 0 Å². The molecule has 1 aromatic heterocycles. The molecule has 1 amide bonds. The number of nitrogens with one attached hydrogen (secondary N) is 1. The van der Waals surface area contributed by atoms with Gasteiger partial charge in [-0.2, -0.15) is 5.10 Å². The van der Waals surface area contributed by atoms with Crippen LogP contribution >= 0.6 is 0 Å².